The number of nitrogens with one attached hydrogen (secondary N) is 2. The molecular weight excluding hydrogens is 232 g/mol. The van der Waals surface area contributed by atoms with Crippen molar-refractivity contribution in [3.63, 3.8) is 0 Å². The van der Waals surface area contributed by atoms with E-state index in [1.165, 1.54) is 6.20 Å². The second kappa shape index (κ2) is 5.22. The van der Waals surface area contributed by atoms with E-state index in [1.54, 1.807) is 12.1 Å². The Morgan fingerprint density at radius 3 is 2.72 bits per heavy atom. The Balaban J connectivity index is 1.84. The molecule has 6 heteroatoms. The normalized spacial score (nSPS) is 10.2. The highest BCUT2D eigenvalue weighted by Gasteiger charge is 2.10. The molecule has 0 saturated carbocycles. The summed E-state index contributed by atoms with van der Waals surface area (Å²) in [6, 6.07) is 6.85. The highest BCUT2D eigenvalue weighted by atomic mass is 16.3. The number of phenols is 1. The standard InChI is InChI=1S/C12H14N4O2/c13-10-7-15-16-11(10)12(18)14-6-5-8-1-3-9(17)4-2-8/h1-4,7,17H,5-6,13H2,(H,14,18)(H,15,16). The Labute approximate surface area is 104 Å². The number of aromatic nitrogens is 2. The molecule has 2 rings (SSSR count). The fourth-order valence-electron chi connectivity index (χ4n) is 1.55. The van der Waals surface area contributed by atoms with Crippen molar-refractivity contribution < 1.29 is 9.90 Å². The van der Waals surface area contributed by atoms with E-state index in [2.05, 4.69) is 15.5 Å². The molecule has 0 unspecified atom stereocenters. The summed E-state index contributed by atoms with van der Waals surface area (Å²) in [4.78, 5) is 11.7. The molecule has 0 radical (unpaired) electrons. The van der Waals surface area contributed by atoms with Crippen LogP contribution in [0.3, 0.4) is 0 Å². The van der Waals surface area contributed by atoms with Gasteiger partial charge in [-0.1, -0.05) is 12.1 Å². The van der Waals surface area contributed by atoms with Crippen LogP contribution in [0.25, 0.3) is 0 Å². The SMILES string of the molecule is Nc1cn[nH]c1C(=O)NCCc1ccc(O)cc1. The summed E-state index contributed by atoms with van der Waals surface area (Å²) in [5.41, 5.74) is 7.20. The largest absolute Gasteiger partial charge is 0.508 e. The first-order chi connectivity index (χ1) is 8.66. The van der Waals surface area contributed by atoms with Gasteiger partial charge < -0.3 is 16.2 Å². The maximum atomic E-state index is 11.7. The van der Waals surface area contributed by atoms with E-state index in [-0.39, 0.29) is 17.4 Å². The maximum absolute atomic E-state index is 11.7. The van der Waals surface area contributed by atoms with Crippen LogP contribution in [0, 0.1) is 0 Å². The minimum Gasteiger partial charge on any atom is -0.508 e. The molecule has 5 N–H and O–H groups in total. The monoisotopic (exact) mass is 246 g/mol. The number of carbonyl (C=O) groups excluding carboxylic acids is 1. The number of phenolic OH excluding ortho intramolecular Hbond substituents is 1. The fraction of sp³-hybridized carbons (Fsp3) is 0.167. The lowest BCUT2D eigenvalue weighted by atomic mass is 10.1. The summed E-state index contributed by atoms with van der Waals surface area (Å²) in [5, 5.41) is 18.1. The fourth-order valence-corrected chi connectivity index (χ4v) is 1.55. The Morgan fingerprint density at radius 2 is 2.11 bits per heavy atom. The number of aromatic hydroxyl groups is 1. The van der Waals surface area contributed by atoms with Crippen LogP contribution in [0.5, 0.6) is 5.75 Å². The minimum atomic E-state index is -0.274. The van der Waals surface area contributed by atoms with E-state index in [4.69, 9.17) is 10.8 Å². The Hall–Kier alpha value is -2.50. The van der Waals surface area contributed by atoms with Crippen LogP contribution in [0.15, 0.2) is 30.5 Å². The van der Waals surface area contributed by atoms with Crippen LogP contribution < -0.4 is 11.1 Å². The zero-order chi connectivity index (χ0) is 13.0. The van der Waals surface area contributed by atoms with Gasteiger partial charge >= 0.3 is 0 Å². The first-order valence-electron chi connectivity index (χ1n) is 5.52. The molecule has 1 heterocycles. The lowest BCUT2D eigenvalue weighted by molar-refractivity contribution is 0.0950. The van der Waals surface area contributed by atoms with Gasteiger partial charge in [0, 0.05) is 6.54 Å². The minimum absolute atomic E-state index is 0.230. The molecule has 1 aromatic heterocycles. The van der Waals surface area contributed by atoms with E-state index in [9.17, 15) is 4.79 Å². The van der Waals surface area contributed by atoms with E-state index < -0.39 is 0 Å². The summed E-state index contributed by atoms with van der Waals surface area (Å²) >= 11 is 0. The Morgan fingerprint density at radius 1 is 1.39 bits per heavy atom. The van der Waals surface area contributed by atoms with E-state index >= 15 is 0 Å². The smallest absolute Gasteiger partial charge is 0.271 e. The highest BCUT2D eigenvalue weighted by molar-refractivity contribution is 5.96. The summed E-state index contributed by atoms with van der Waals surface area (Å²) in [6.07, 6.45) is 2.08. The number of nitrogen functional groups attached to an aromatic ring is 1. The first kappa shape index (κ1) is 12.0. The molecule has 0 spiro atoms. The number of hydrogen-bond acceptors (Lipinski definition) is 4. The quantitative estimate of drug-likeness (QED) is 0.636. The topological polar surface area (TPSA) is 104 Å². The van der Waals surface area contributed by atoms with Gasteiger partial charge in [0.2, 0.25) is 0 Å². The average molecular weight is 246 g/mol. The number of rotatable bonds is 4. The molecule has 18 heavy (non-hydrogen) atoms. The first-order valence-corrected chi connectivity index (χ1v) is 5.52. The van der Waals surface area contributed by atoms with Crippen molar-refractivity contribution in [3.8, 4) is 5.75 Å². The van der Waals surface area contributed by atoms with Crippen LogP contribution in [0.1, 0.15) is 16.1 Å². The molecule has 94 valence electrons. The van der Waals surface area contributed by atoms with E-state index in [1.807, 2.05) is 12.1 Å². The number of carbonyl (C=O) groups is 1. The lowest BCUT2D eigenvalue weighted by Gasteiger charge is -2.04. The zero-order valence-electron chi connectivity index (χ0n) is 9.68. The molecule has 0 aliphatic carbocycles. The van der Waals surface area contributed by atoms with Crippen molar-refractivity contribution in [2.75, 3.05) is 12.3 Å². The molecule has 0 aliphatic rings. The van der Waals surface area contributed by atoms with Crippen molar-refractivity contribution in [2.45, 2.75) is 6.42 Å². The number of aromatic amines is 1. The Kier molecular flexibility index (Phi) is 3.47. The van der Waals surface area contributed by atoms with Gasteiger partial charge in [0.1, 0.15) is 11.4 Å². The molecule has 0 aliphatic heterocycles. The van der Waals surface area contributed by atoms with E-state index in [0.29, 0.717) is 18.7 Å². The molecule has 6 nitrogen and oxygen atoms in total. The number of H-pyrrole nitrogens is 1. The van der Waals surface area contributed by atoms with Crippen molar-refractivity contribution in [1.29, 1.82) is 0 Å². The molecule has 0 atom stereocenters. The van der Waals surface area contributed by atoms with Gasteiger partial charge in [0.05, 0.1) is 11.9 Å². The van der Waals surface area contributed by atoms with Gasteiger partial charge in [-0.05, 0) is 24.1 Å². The number of nitrogens with zero attached hydrogens (tertiary/aromatic N) is 1. The molecule has 1 aromatic carbocycles. The van der Waals surface area contributed by atoms with Crippen molar-refractivity contribution in [2.24, 2.45) is 0 Å². The zero-order valence-corrected chi connectivity index (χ0v) is 9.68. The third kappa shape index (κ3) is 2.79. The van der Waals surface area contributed by atoms with E-state index in [0.717, 1.165) is 5.56 Å². The van der Waals surface area contributed by atoms with Gasteiger partial charge in [-0.15, -0.1) is 0 Å². The summed E-state index contributed by atoms with van der Waals surface area (Å²) in [5.74, 6) is -0.0446. The summed E-state index contributed by atoms with van der Waals surface area (Å²) in [6.45, 7) is 0.488. The molecule has 0 bridgehead atoms. The van der Waals surface area contributed by atoms with Gasteiger partial charge in [-0.25, -0.2) is 0 Å². The third-order valence-electron chi connectivity index (χ3n) is 2.53. The van der Waals surface area contributed by atoms with Gasteiger partial charge in [0.15, 0.2) is 0 Å². The molecule has 1 amide bonds. The van der Waals surface area contributed by atoms with Crippen LogP contribution in [-0.4, -0.2) is 27.8 Å². The van der Waals surface area contributed by atoms with Crippen molar-refractivity contribution >= 4 is 11.6 Å². The maximum Gasteiger partial charge on any atom is 0.271 e. The predicted octanol–water partition coefficient (Wildman–Crippen LogP) is 0.670. The average Bonchev–Trinajstić information content (AvgIpc) is 2.78. The number of amides is 1. The second-order valence-electron chi connectivity index (χ2n) is 3.87. The third-order valence-corrected chi connectivity index (χ3v) is 2.53. The predicted molar refractivity (Wildman–Crippen MR) is 67.1 cm³/mol. The number of anilines is 1. The van der Waals surface area contributed by atoms with Gasteiger partial charge in [-0.2, -0.15) is 5.10 Å². The van der Waals surface area contributed by atoms with Gasteiger partial charge in [-0.3, -0.25) is 9.89 Å². The second-order valence-corrected chi connectivity index (χ2v) is 3.87. The summed E-state index contributed by atoms with van der Waals surface area (Å²) < 4.78 is 0. The van der Waals surface area contributed by atoms with Crippen LogP contribution in [-0.2, 0) is 6.42 Å². The van der Waals surface area contributed by atoms with Gasteiger partial charge in [0.25, 0.3) is 5.91 Å². The Bertz CT molecular complexity index is 533. The lowest BCUT2D eigenvalue weighted by Crippen LogP contribution is -2.26. The van der Waals surface area contributed by atoms with Crippen molar-refractivity contribution in [3.05, 3.63) is 41.7 Å². The van der Waals surface area contributed by atoms with Crippen LogP contribution in [0.2, 0.25) is 0 Å². The molecule has 0 saturated heterocycles. The highest BCUT2D eigenvalue weighted by Crippen LogP contribution is 2.10. The molecule has 0 fully saturated rings. The van der Waals surface area contributed by atoms with Crippen LogP contribution >= 0.6 is 0 Å². The molecular formula is C12H14N4O2. The van der Waals surface area contributed by atoms with Crippen LogP contribution in [0.4, 0.5) is 5.69 Å². The number of benzene rings is 1. The summed E-state index contributed by atoms with van der Waals surface area (Å²) in [7, 11) is 0. The number of nitrogens with two attached hydrogens (primary N) is 1. The number of hydrogen-bond donors (Lipinski definition) is 4. The molecule has 2 aromatic rings. The van der Waals surface area contributed by atoms with Crippen molar-refractivity contribution in [1.82, 2.24) is 15.5 Å².